The van der Waals surface area contributed by atoms with Gasteiger partial charge < -0.3 is 15.5 Å². The number of fused-ring (bicyclic) bond motifs is 1. The molecule has 20 heavy (non-hydrogen) atoms. The summed E-state index contributed by atoms with van der Waals surface area (Å²) in [6.07, 6.45) is 1.16. The molecule has 1 unspecified atom stereocenters. The highest BCUT2D eigenvalue weighted by Crippen LogP contribution is 2.18. The Labute approximate surface area is 121 Å². The molecular formula is C17H23N3. The van der Waals surface area contributed by atoms with Gasteiger partial charge in [-0.1, -0.05) is 30.3 Å². The number of hydrogen-bond acceptors (Lipinski definition) is 3. The predicted octanol–water partition coefficient (Wildman–Crippen LogP) is 2.55. The van der Waals surface area contributed by atoms with Crippen LogP contribution in [-0.2, 0) is 0 Å². The summed E-state index contributed by atoms with van der Waals surface area (Å²) in [7, 11) is 2.20. The van der Waals surface area contributed by atoms with E-state index in [2.05, 4.69) is 65.0 Å². The van der Waals surface area contributed by atoms with Gasteiger partial charge in [0.05, 0.1) is 0 Å². The van der Waals surface area contributed by atoms with Gasteiger partial charge in [0.2, 0.25) is 0 Å². The largest absolute Gasteiger partial charge is 0.385 e. The van der Waals surface area contributed by atoms with E-state index in [1.165, 1.54) is 16.5 Å². The third-order valence-corrected chi connectivity index (χ3v) is 4.03. The number of anilines is 1. The molecule has 106 valence electrons. The number of rotatable bonds is 4. The molecule has 1 fully saturated rings. The van der Waals surface area contributed by atoms with Crippen LogP contribution >= 0.6 is 0 Å². The molecule has 1 aliphatic rings. The maximum Gasteiger partial charge on any atom is 0.0346 e. The van der Waals surface area contributed by atoms with Crippen LogP contribution in [0.5, 0.6) is 0 Å². The lowest BCUT2D eigenvalue weighted by Gasteiger charge is -2.31. The lowest BCUT2D eigenvalue weighted by molar-refractivity contribution is 0.234. The minimum atomic E-state index is 0.613. The van der Waals surface area contributed by atoms with Gasteiger partial charge >= 0.3 is 0 Å². The van der Waals surface area contributed by atoms with Crippen molar-refractivity contribution >= 4 is 16.5 Å². The molecule has 0 bridgehead atoms. The average Bonchev–Trinajstić information content (AvgIpc) is 2.47. The van der Waals surface area contributed by atoms with Crippen LogP contribution in [0.4, 0.5) is 5.69 Å². The van der Waals surface area contributed by atoms with Crippen molar-refractivity contribution in [3.63, 3.8) is 0 Å². The summed E-state index contributed by atoms with van der Waals surface area (Å²) >= 11 is 0. The first-order chi connectivity index (χ1) is 9.81. The maximum absolute atomic E-state index is 3.58. The zero-order chi connectivity index (χ0) is 13.8. The number of likely N-dealkylation sites (N-methyl/N-ethyl adjacent to an activating group) is 1. The van der Waals surface area contributed by atoms with Crippen molar-refractivity contribution in [3.8, 4) is 0 Å². The fraction of sp³-hybridized carbons (Fsp3) is 0.412. The van der Waals surface area contributed by atoms with Crippen molar-refractivity contribution in [1.82, 2.24) is 10.2 Å². The summed E-state index contributed by atoms with van der Waals surface area (Å²) in [4.78, 5) is 2.40. The molecule has 3 rings (SSSR count). The Morgan fingerprint density at radius 3 is 2.90 bits per heavy atom. The Morgan fingerprint density at radius 2 is 2.05 bits per heavy atom. The first-order valence-electron chi connectivity index (χ1n) is 7.46. The van der Waals surface area contributed by atoms with E-state index in [1.54, 1.807) is 0 Å². The third-order valence-electron chi connectivity index (χ3n) is 4.03. The summed E-state index contributed by atoms with van der Waals surface area (Å²) in [6.45, 7) is 4.44. The summed E-state index contributed by atoms with van der Waals surface area (Å²) < 4.78 is 0. The molecule has 1 atom stereocenters. The highest BCUT2D eigenvalue weighted by molar-refractivity contribution is 5.85. The Kier molecular flexibility index (Phi) is 4.19. The van der Waals surface area contributed by atoms with Gasteiger partial charge in [-0.25, -0.2) is 0 Å². The van der Waals surface area contributed by atoms with Crippen molar-refractivity contribution in [3.05, 3.63) is 42.5 Å². The van der Waals surface area contributed by atoms with Crippen LogP contribution in [-0.4, -0.2) is 44.2 Å². The van der Waals surface area contributed by atoms with Crippen molar-refractivity contribution in [2.75, 3.05) is 38.5 Å². The van der Waals surface area contributed by atoms with Gasteiger partial charge in [-0.3, -0.25) is 0 Å². The molecule has 2 aromatic rings. The van der Waals surface area contributed by atoms with Crippen LogP contribution in [0, 0.1) is 0 Å². The lowest BCUT2D eigenvalue weighted by atomic mass is 10.1. The van der Waals surface area contributed by atoms with Crippen LogP contribution < -0.4 is 10.6 Å². The van der Waals surface area contributed by atoms with Crippen molar-refractivity contribution in [1.29, 1.82) is 0 Å². The predicted molar refractivity (Wildman–Crippen MR) is 86.3 cm³/mol. The highest BCUT2D eigenvalue weighted by Gasteiger charge is 2.15. The molecule has 0 saturated carbocycles. The monoisotopic (exact) mass is 269 g/mol. The third kappa shape index (κ3) is 3.30. The fourth-order valence-electron chi connectivity index (χ4n) is 2.87. The van der Waals surface area contributed by atoms with E-state index in [1.807, 2.05) is 0 Å². The van der Waals surface area contributed by atoms with E-state index in [9.17, 15) is 0 Å². The summed E-state index contributed by atoms with van der Waals surface area (Å²) in [5.41, 5.74) is 1.22. The van der Waals surface area contributed by atoms with Crippen molar-refractivity contribution in [2.45, 2.75) is 12.5 Å². The SMILES string of the molecule is CN1CCNC(CCNc2ccc3ccccc3c2)C1. The second kappa shape index (κ2) is 6.25. The molecule has 0 amide bonds. The lowest BCUT2D eigenvalue weighted by Crippen LogP contribution is -2.49. The Morgan fingerprint density at radius 1 is 1.20 bits per heavy atom. The molecule has 2 N–H and O–H groups in total. The molecule has 0 spiro atoms. The van der Waals surface area contributed by atoms with Gasteiger partial charge in [0, 0.05) is 37.9 Å². The van der Waals surface area contributed by atoms with Gasteiger partial charge in [0.15, 0.2) is 0 Å². The Bertz CT molecular complexity index is 567. The van der Waals surface area contributed by atoms with E-state index < -0.39 is 0 Å². The van der Waals surface area contributed by atoms with Crippen LogP contribution in [0.2, 0.25) is 0 Å². The fourth-order valence-corrected chi connectivity index (χ4v) is 2.87. The van der Waals surface area contributed by atoms with Gasteiger partial charge in [0.1, 0.15) is 0 Å². The standard InChI is InChI=1S/C17H23N3/c1-20-11-10-19-17(13-20)8-9-18-16-7-6-14-4-2-3-5-15(14)12-16/h2-7,12,17-19H,8-11,13H2,1H3. The summed E-state index contributed by atoms with van der Waals surface area (Å²) in [5, 5.41) is 9.72. The normalized spacial score (nSPS) is 20.1. The first kappa shape index (κ1) is 13.4. The second-order valence-corrected chi connectivity index (χ2v) is 5.69. The molecule has 3 nitrogen and oxygen atoms in total. The summed E-state index contributed by atoms with van der Waals surface area (Å²) in [6, 6.07) is 15.7. The molecule has 0 aliphatic carbocycles. The van der Waals surface area contributed by atoms with Gasteiger partial charge in [-0.2, -0.15) is 0 Å². The Balaban J connectivity index is 1.54. The molecule has 0 radical (unpaired) electrons. The zero-order valence-electron chi connectivity index (χ0n) is 12.1. The Hall–Kier alpha value is -1.58. The molecule has 1 heterocycles. The summed E-state index contributed by atoms with van der Waals surface area (Å²) in [5.74, 6) is 0. The number of hydrogen-bond donors (Lipinski definition) is 2. The number of nitrogens with zero attached hydrogens (tertiary/aromatic N) is 1. The van der Waals surface area contributed by atoms with E-state index in [0.29, 0.717) is 6.04 Å². The smallest absolute Gasteiger partial charge is 0.0346 e. The van der Waals surface area contributed by atoms with Gasteiger partial charge in [-0.05, 0) is 36.4 Å². The molecule has 1 aliphatic heterocycles. The zero-order valence-corrected chi connectivity index (χ0v) is 12.1. The number of nitrogens with one attached hydrogen (secondary N) is 2. The van der Waals surface area contributed by atoms with Crippen LogP contribution in [0.1, 0.15) is 6.42 Å². The number of piperazine rings is 1. The number of benzene rings is 2. The minimum absolute atomic E-state index is 0.613. The molecule has 1 saturated heterocycles. The quantitative estimate of drug-likeness (QED) is 0.893. The molecule has 3 heteroatoms. The van der Waals surface area contributed by atoms with Gasteiger partial charge in [0.25, 0.3) is 0 Å². The van der Waals surface area contributed by atoms with E-state index in [-0.39, 0.29) is 0 Å². The minimum Gasteiger partial charge on any atom is -0.385 e. The van der Waals surface area contributed by atoms with E-state index in [4.69, 9.17) is 0 Å². The maximum atomic E-state index is 3.58. The molecule has 0 aromatic heterocycles. The van der Waals surface area contributed by atoms with Crippen LogP contribution in [0.25, 0.3) is 10.8 Å². The van der Waals surface area contributed by atoms with Crippen molar-refractivity contribution in [2.24, 2.45) is 0 Å². The second-order valence-electron chi connectivity index (χ2n) is 5.69. The molecule has 2 aromatic carbocycles. The van der Waals surface area contributed by atoms with E-state index >= 15 is 0 Å². The van der Waals surface area contributed by atoms with Crippen molar-refractivity contribution < 1.29 is 0 Å². The highest BCUT2D eigenvalue weighted by atomic mass is 15.2. The topological polar surface area (TPSA) is 27.3 Å². The molecular weight excluding hydrogens is 246 g/mol. The van der Waals surface area contributed by atoms with Gasteiger partial charge in [-0.15, -0.1) is 0 Å². The average molecular weight is 269 g/mol. The van der Waals surface area contributed by atoms with E-state index in [0.717, 1.165) is 32.6 Å². The van der Waals surface area contributed by atoms with Crippen LogP contribution in [0.3, 0.4) is 0 Å². The van der Waals surface area contributed by atoms with Crippen LogP contribution in [0.15, 0.2) is 42.5 Å². The first-order valence-corrected chi connectivity index (χ1v) is 7.46.